The Labute approximate surface area is 159 Å². The Balaban J connectivity index is 2.21. The zero-order chi connectivity index (χ0) is 18.8. The molecular weight excluding hydrogens is 436 g/mol. The number of hydrogen-bond acceptors (Lipinski definition) is 6. The van der Waals surface area contributed by atoms with E-state index >= 15 is 0 Å². The highest BCUT2D eigenvalue weighted by molar-refractivity contribution is 9.09. The molecule has 2 heterocycles. The fourth-order valence-electron chi connectivity index (χ4n) is 2.44. The minimum Gasteiger partial charge on any atom is -0.466 e. The van der Waals surface area contributed by atoms with E-state index in [0.29, 0.717) is 5.70 Å². The van der Waals surface area contributed by atoms with E-state index in [2.05, 4.69) is 36.4 Å². The Morgan fingerprint density at radius 3 is 2.69 bits per heavy atom. The first-order valence-electron chi connectivity index (χ1n) is 7.20. The SMILES string of the molecule is COC(=O)C1=C(CBr)NC(n2nccn2)=N[C@H]1c1ccc(F)c(F)c1Cl. The number of allylic oxidation sites excluding steroid dienone is 1. The molecule has 1 aromatic heterocycles. The van der Waals surface area contributed by atoms with Gasteiger partial charge in [0.15, 0.2) is 11.6 Å². The molecule has 2 aromatic rings. The van der Waals surface area contributed by atoms with Crippen LogP contribution in [-0.2, 0) is 9.53 Å². The van der Waals surface area contributed by atoms with E-state index in [-0.39, 0.29) is 22.4 Å². The molecule has 1 N–H and O–H groups in total. The Kier molecular flexibility index (Phi) is 5.33. The molecule has 3 rings (SSSR count). The van der Waals surface area contributed by atoms with Crippen molar-refractivity contribution >= 4 is 39.5 Å². The molecule has 1 aromatic carbocycles. The Bertz CT molecular complexity index is 917. The number of carbonyl (C=O) groups excluding carboxylic acids is 1. The standard InChI is InChI=1S/C15H11BrClF2N5O2/c1-26-14(25)10-9(6-16)22-15(24-20-4-5-21-24)23-13(10)7-2-3-8(18)12(19)11(7)17/h2-5,13H,6H2,1H3,(H,22,23)/t13-/m0/s1. The first kappa shape index (κ1) is 18.5. The lowest BCUT2D eigenvalue weighted by molar-refractivity contribution is -0.136. The van der Waals surface area contributed by atoms with Gasteiger partial charge in [-0.2, -0.15) is 10.2 Å². The lowest BCUT2D eigenvalue weighted by atomic mass is 9.96. The molecule has 0 bridgehead atoms. The van der Waals surface area contributed by atoms with Gasteiger partial charge in [0, 0.05) is 16.6 Å². The van der Waals surface area contributed by atoms with Crippen LogP contribution in [-0.4, -0.2) is 39.4 Å². The third kappa shape index (κ3) is 3.21. The van der Waals surface area contributed by atoms with Crippen LogP contribution in [0.15, 0.2) is 40.8 Å². The molecule has 11 heteroatoms. The van der Waals surface area contributed by atoms with Gasteiger partial charge < -0.3 is 10.1 Å². The second-order valence-corrected chi connectivity index (χ2v) is 6.02. The van der Waals surface area contributed by atoms with Crippen LogP contribution in [0.4, 0.5) is 8.78 Å². The molecule has 0 fully saturated rings. The zero-order valence-corrected chi connectivity index (χ0v) is 15.6. The number of alkyl halides is 1. The molecule has 0 saturated carbocycles. The van der Waals surface area contributed by atoms with Crippen LogP contribution in [0.1, 0.15) is 11.6 Å². The summed E-state index contributed by atoms with van der Waals surface area (Å²) in [6.07, 6.45) is 2.88. The predicted molar refractivity (Wildman–Crippen MR) is 92.9 cm³/mol. The summed E-state index contributed by atoms with van der Waals surface area (Å²) < 4.78 is 32.2. The van der Waals surface area contributed by atoms with Crippen molar-refractivity contribution in [1.29, 1.82) is 0 Å². The highest BCUT2D eigenvalue weighted by atomic mass is 79.9. The quantitative estimate of drug-likeness (QED) is 0.445. The lowest BCUT2D eigenvalue weighted by Crippen LogP contribution is -2.39. The second kappa shape index (κ2) is 7.50. The predicted octanol–water partition coefficient (Wildman–Crippen LogP) is 2.58. The number of carbonyl (C=O) groups is 1. The topological polar surface area (TPSA) is 81.4 Å². The molecule has 0 aliphatic carbocycles. The summed E-state index contributed by atoms with van der Waals surface area (Å²) in [6.45, 7) is 0. The van der Waals surface area contributed by atoms with E-state index in [1.54, 1.807) is 0 Å². The van der Waals surface area contributed by atoms with Crippen molar-refractivity contribution in [3.05, 3.63) is 58.0 Å². The highest BCUT2D eigenvalue weighted by Crippen LogP contribution is 2.37. The number of halogens is 4. The summed E-state index contributed by atoms with van der Waals surface area (Å²) >= 11 is 9.26. The number of hydrogen-bond donors (Lipinski definition) is 1. The number of esters is 1. The van der Waals surface area contributed by atoms with Crippen LogP contribution in [0.25, 0.3) is 0 Å². The first-order chi connectivity index (χ1) is 12.5. The molecular formula is C15H11BrClF2N5O2. The lowest BCUT2D eigenvalue weighted by Gasteiger charge is -2.26. The van der Waals surface area contributed by atoms with Crippen molar-refractivity contribution in [2.45, 2.75) is 6.04 Å². The number of benzene rings is 1. The Morgan fingerprint density at radius 2 is 2.08 bits per heavy atom. The second-order valence-electron chi connectivity index (χ2n) is 5.08. The van der Waals surface area contributed by atoms with E-state index in [1.165, 1.54) is 30.4 Å². The smallest absolute Gasteiger partial charge is 0.338 e. The third-order valence-corrected chi connectivity index (χ3v) is 4.56. The highest BCUT2D eigenvalue weighted by Gasteiger charge is 2.34. The summed E-state index contributed by atoms with van der Waals surface area (Å²) in [4.78, 5) is 17.9. The average Bonchev–Trinajstić information content (AvgIpc) is 3.19. The van der Waals surface area contributed by atoms with Gasteiger partial charge in [-0.3, -0.25) is 0 Å². The molecule has 0 spiro atoms. The van der Waals surface area contributed by atoms with E-state index in [1.807, 2.05) is 0 Å². The van der Waals surface area contributed by atoms with E-state index in [9.17, 15) is 13.6 Å². The van der Waals surface area contributed by atoms with Gasteiger partial charge in [0.05, 0.1) is 30.1 Å². The van der Waals surface area contributed by atoms with Crippen LogP contribution in [0, 0.1) is 11.6 Å². The molecule has 0 unspecified atom stereocenters. The Hall–Kier alpha value is -2.33. The maximum Gasteiger partial charge on any atom is 0.338 e. The fraction of sp³-hybridized carbons (Fsp3) is 0.200. The third-order valence-electron chi connectivity index (χ3n) is 3.62. The molecule has 0 amide bonds. The van der Waals surface area contributed by atoms with E-state index in [4.69, 9.17) is 16.3 Å². The average molecular weight is 447 g/mol. The summed E-state index contributed by atoms with van der Waals surface area (Å²) in [5.41, 5.74) is 0.619. The molecule has 1 aliphatic heterocycles. The summed E-state index contributed by atoms with van der Waals surface area (Å²) in [5, 5.41) is 10.6. The number of nitrogens with zero attached hydrogens (tertiary/aromatic N) is 4. The van der Waals surface area contributed by atoms with Gasteiger partial charge in [0.25, 0.3) is 0 Å². The molecule has 1 atom stereocenters. The summed E-state index contributed by atoms with van der Waals surface area (Å²) in [5.74, 6) is -2.83. The van der Waals surface area contributed by atoms with E-state index < -0.39 is 28.7 Å². The van der Waals surface area contributed by atoms with Crippen molar-refractivity contribution in [2.75, 3.05) is 12.4 Å². The van der Waals surface area contributed by atoms with Gasteiger partial charge >= 0.3 is 5.97 Å². The van der Waals surface area contributed by atoms with Crippen molar-refractivity contribution in [3.63, 3.8) is 0 Å². The monoisotopic (exact) mass is 445 g/mol. The van der Waals surface area contributed by atoms with Crippen molar-refractivity contribution in [1.82, 2.24) is 20.3 Å². The van der Waals surface area contributed by atoms with Crippen molar-refractivity contribution < 1.29 is 18.3 Å². The number of aliphatic imine (C=N–C) groups is 1. The van der Waals surface area contributed by atoms with Crippen LogP contribution in [0.3, 0.4) is 0 Å². The maximum absolute atomic E-state index is 14.0. The maximum atomic E-state index is 14.0. The van der Waals surface area contributed by atoms with Crippen molar-refractivity contribution in [3.8, 4) is 0 Å². The van der Waals surface area contributed by atoms with Crippen molar-refractivity contribution in [2.24, 2.45) is 4.99 Å². The van der Waals surface area contributed by atoms with Gasteiger partial charge in [-0.05, 0) is 6.07 Å². The normalized spacial score (nSPS) is 17.0. The van der Waals surface area contributed by atoms with Gasteiger partial charge in [-0.1, -0.05) is 33.6 Å². The van der Waals surface area contributed by atoms with E-state index in [0.717, 1.165) is 6.07 Å². The summed E-state index contributed by atoms with van der Waals surface area (Å²) in [6, 6.07) is 1.14. The molecule has 1 aliphatic rings. The molecule has 0 saturated heterocycles. The van der Waals surface area contributed by atoms with Crippen LogP contribution in [0.5, 0.6) is 0 Å². The number of methoxy groups -OCH3 is 1. The summed E-state index contributed by atoms with van der Waals surface area (Å²) in [7, 11) is 1.21. The largest absolute Gasteiger partial charge is 0.466 e. The number of ether oxygens (including phenoxy) is 1. The van der Waals surface area contributed by atoms with Crippen LogP contribution in [0.2, 0.25) is 5.02 Å². The molecule has 136 valence electrons. The van der Waals surface area contributed by atoms with Gasteiger partial charge in [0.1, 0.15) is 6.04 Å². The van der Waals surface area contributed by atoms with Crippen LogP contribution >= 0.6 is 27.5 Å². The first-order valence-corrected chi connectivity index (χ1v) is 8.70. The van der Waals surface area contributed by atoms with Gasteiger partial charge in [-0.25, -0.2) is 18.6 Å². The van der Waals surface area contributed by atoms with Gasteiger partial charge in [-0.15, -0.1) is 4.80 Å². The Morgan fingerprint density at radius 1 is 1.38 bits per heavy atom. The molecule has 0 radical (unpaired) electrons. The van der Waals surface area contributed by atoms with Crippen LogP contribution < -0.4 is 5.32 Å². The van der Waals surface area contributed by atoms with Gasteiger partial charge in [0.2, 0.25) is 5.96 Å². The molecule has 7 nitrogen and oxygen atoms in total. The zero-order valence-electron chi connectivity index (χ0n) is 13.2. The fourth-order valence-corrected chi connectivity index (χ4v) is 3.14. The number of nitrogens with one attached hydrogen (secondary N) is 1. The number of aromatic nitrogens is 3. The minimum absolute atomic E-state index is 0.105. The minimum atomic E-state index is -1.22. The number of rotatable bonds is 3. The molecule has 26 heavy (non-hydrogen) atoms.